The van der Waals surface area contributed by atoms with E-state index in [1.54, 1.807) is 23.1 Å². The molecule has 1 aliphatic carbocycles. The van der Waals surface area contributed by atoms with Crippen LogP contribution in [0, 0.1) is 13.8 Å². The number of Topliss-reactive ketones (excluding diaryl/α,β-unsaturated/α-hetero) is 1. The number of aryl methyl sites for hydroxylation is 2. The number of aliphatic hydroxyl groups is 1. The van der Waals surface area contributed by atoms with E-state index in [2.05, 4.69) is 0 Å². The Kier molecular flexibility index (Phi) is 6.29. The van der Waals surface area contributed by atoms with Gasteiger partial charge in [0.2, 0.25) is 0 Å². The van der Waals surface area contributed by atoms with Crippen LogP contribution in [0.3, 0.4) is 0 Å². The minimum atomic E-state index is -0.666. The lowest BCUT2D eigenvalue weighted by molar-refractivity contribution is -0.141. The van der Waals surface area contributed by atoms with Gasteiger partial charge < -0.3 is 14.7 Å². The number of amides is 1. The van der Waals surface area contributed by atoms with Crippen molar-refractivity contribution in [1.82, 2.24) is 4.90 Å². The number of carbonyl (C=O) groups excluding carboxylic acids is 2. The third-order valence-corrected chi connectivity index (χ3v) is 6.76. The molecule has 2 aromatic rings. The third-order valence-electron chi connectivity index (χ3n) is 6.51. The van der Waals surface area contributed by atoms with Crippen molar-refractivity contribution in [1.29, 1.82) is 0 Å². The summed E-state index contributed by atoms with van der Waals surface area (Å²) in [5, 5.41) is 12.0. The highest BCUT2D eigenvalue weighted by molar-refractivity contribution is 6.46. The van der Waals surface area contributed by atoms with Crippen molar-refractivity contribution in [2.75, 3.05) is 7.11 Å². The summed E-state index contributed by atoms with van der Waals surface area (Å²) in [5.41, 5.74) is 3.05. The summed E-state index contributed by atoms with van der Waals surface area (Å²) in [4.78, 5) is 28.3. The number of ether oxygens (including phenoxy) is 1. The van der Waals surface area contributed by atoms with Crippen LogP contribution in [0.4, 0.5) is 0 Å². The largest absolute Gasteiger partial charge is 0.507 e. The Morgan fingerprint density at radius 2 is 1.72 bits per heavy atom. The van der Waals surface area contributed by atoms with Gasteiger partial charge in [0.15, 0.2) is 0 Å². The maximum atomic E-state index is 13.3. The van der Waals surface area contributed by atoms with E-state index in [4.69, 9.17) is 16.3 Å². The molecule has 1 N–H and O–H groups in total. The molecule has 2 aliphatic rings. The van der Waals surface area contributed by atoms with Gasteiger partial charge in [-0.05, 0) is 61.6 Å². The van der Waals surface area contributed by atoms with Crippen molar-refractivity contribution in [3.63, 3.8) is 0 Å². The molecule has 32 heavy (non-hydrogen) atoms. The fourth-order valence-corrected chi connectivity index (χ4v) is 5.23. The van der Waals surface area contributed by atoms with Crippen LogP contribution in [-0.2, 0) is 9.59 Å². The van der Waals surface area contributed by atoms with Gasteiger partial charge in [0.05, 0.1) is 24.3 Å². The molecule has 4 rings (SSSR count). The number of halogens is 1. The van der Waals surface area contributed by atoms with Crippen LogP contribution >= 0.6 is 11.6 Å². The highest BCUT2D eigenvalue weighted by atomic mass is 35.5. The van der Waals surface area contributed by atoms with Crippen LogP contribution < -0.4 is 4.74 Å². The first kappa shape index (κ1) is 22.4. The van der Waals surface area contributed by atoms with Crippen molar-refractivity contribution in [3.05, 3.63) is 69.2 Å². The molecular formula is C26H28ClNO4. The number of rotatable bonds is 4. The molecule has 0 spiro atoms. The Bertz CT molecular complexity index is 1080. The lowest BCUT2D eigenvalue weighted by Crippen LogP contribution is -2.40. The molecule has 1 heterocycles. The molecule has 1 amide bonds. The number of methoxy groups -OCH3 is 1. The van der Waals surface area contributed by atoms with Crippen molar-refractivity contribution in [2.24, 2.45) is 0 Å². The van der Waals surface area contributed by atoms with Gasteiger partial charge in [0.1, 0.15) is 11.5 Å². The van der Waals surface area contributed by atoms with E-state index in [0.717, 1.165) is 48.8 Å². The van der Waals surface area contributed by atoms with Crippen LogP contribution in [0.25, 0.3) is 5.76 Å². The summed E-state index contributed by atoms with van der Waals surface area (Å²) in [6.07, 6.45) is 4.87. The molecule has 1 unspecified atom stereocenters. The number of carbonyl (C=O) groups is 2. The van der Waals surface area contributed by atoms with E-state index in [1.165, 1.54) is 7.11 Å². The van der Waals surface area contributed by atoms with Crippen LogP contribution in [0.5, 0.6) is 5.75 Å². The second-order valence-corrected chi connectivity index (χ2v) is 9.15. The average molecular weight is 454 g/mol. The highest BCUT2D eigenvalue weighted by Gasteiger charge is 2.49. The summed E-state index contributed by atoms with van der Waals surface area (Å²) in [6.45, 7) is 3.81. The van der Waals surface area contributed by atoms with E-state index in [1.807, 2.05) is 32.0 Å². The number of hydrogen-bond donors (Lipinski definition) is 1. The van der Waals surface area contributed by atoms with E-state index >= 15 is 0 Å². The standard InChI is InChI=1S/C26H28ClNO4/c1-15-13-16(2)25(32-3)20(14-15)23(29)21-22(17-9-11-18(27)12-10-17)28(26(31)24(21)30)19-7-5-4-6-8-19/h9-14,19,22,29H,4-8H2,1-3H3/b23-21+. The first-order valence-corrected chi connectivity index (χ1v) is 11.4. The van der Waals surface area contributed by atoms with Crippen molar-refractivity contribution in [2.45, 2.75) is 58.0 Å². The van der Waals surface area contributed by atoms with Crippen LogP contribution in [0.1, 0.15) is 60.4 Å². The molecule has 1 aliphatic heterocycles. The van der Waals surface area contributed by atoms with E-state index in [9.17, 15) is 14.7 Å². The minimum Gasteiger partial charge on any atom is -0.507 e. The molecule has 168 valence electrons. The second-order valence-electron chi connectivity index (χ2n) is 8.71. The Labute approximate surface area is 193 Å². The molecule has 0 radical (unpaired) electrons. The summed E-state index contributed by atoms with van der Waals surface area (Å²) in [5.74, 6) is -0.923. The third kappa shape index (κ3) is 3.90. The van der Waals surface area contributed by atoms with Gasteiger partial charge in [-0.3, -0.25) is 9.59 Å². The number of ketones is 1. The molecule has 1 saturated carbocycles. The highest BCUT2D eigenvalue weighted by Crippen LogP contribution is 2.44. The topological polar surface area (TPSA) is 66.8 Å². The van der Waals surface area contributed by atoms with Gasteiger partial charge in [0, 0.05) is 11.1 Å². The molecule has 6 heteroatoms. The van der Waals surface area contributed by atoms with Gasteiger partial charge >= 0.3 is 0 Å². The molecule has 2 aromatic carbocycles. The fraction of sp³-hybridized carbons (Fsp3) is 0.385. The smallest absolute Gasteiger partial charge is 0.295 e. The molecule has 5 nitrogen and oxygen atoms in total. The lowest BCUT2D eigenvalue weighted by atomic mass is 9.90. The van der Waals surface area contributed by atoms with Gasteiger partial charge in [-0.25, -0.2) is 0 Å². The Hall–Kier alpha value is -2.79. The number of aliphatic hydroxyl groups excluding tert-OH is 1. The summed E-state index contributed by atoms with van der Waals surface area (Å²) in [6, 6.07) is 10.2. The average Bonchev–Trinajstić information content (AvgIpc) is 3.04. The van der Waals surface area contributed by atoms with E-state index in [0.29, 0.717) is 16.3 Å². The van der Waals surface area contributed by atoms with Gasteiger partial charge in [0.25, 0.3) is 11.7 Å². The molecule has 1 atom stereocenters. The Morgan fingerprint density at radius 1 is 1.06 bits per heavy atom. The number of benzene rings is 2. The predicted octanol–water partition coefficient (Wildman–Crippen LogP) is 5.72. The zero-order valence-corrected chi connectivity index (χ0v) is 19.4. The van der Waals surface area contributed by atoms with Crippen molar-refractivity contribution >= 4 is 29.1 Å². The van der Waals surface area contributed by atoms with Gasteiger partial charge in [-0.2, -0.15) is 0 Å². The first-order valence-electron chi connectivity index (χ1n) is 11.0. The Morgan fingerprint density at radius 3 is 2.34 bits per heavy atom. The molecule has 2 fully saturated rings. The van der Waals surface area contributed by atoms with Crippen LogP contribution in [0.15, 0.2) is 42.0 Å². The number of likely N-dealkylation sites (tertiary alicyclic amines) is 1. The minimum absolute atomic E-state index is 0.0349. The number of hydrogen-bond acceptors (Lipinski definition) is 4. The first-order chi connectivity index (χ1) is 15.3. The molecule has 0 aromatic heterocycles. The normalized spacial score (nSPS) is 21.2. The predicted molar refractivity (Wildman–Crippen MR) is 125 cm³/mol. The SMILES string of the molecule is COc1c(C)cc(C)cc1/C(O)=C1\C(=O)C(=O)N(C2CCCCC2)C1c1ccc(Cl)cc1. The van der Waals surface area contributed by atoms with Crippen molar-refractivity contribution in [3.8, 4) is 5.75 Å². The zero-order chi connectivity index (χ0) is 23.0. The Balaban J connectivity index is 1.93. The quantitative estimate of drug-likeness (QED) is 0.365. The van der Waals surface area contributed by atoms with E-state index in [-0.39, 0.29) is 17.4 Å². The molecular weight excluding hydrogens is 426 g/mol. The molecule has 0 bridgehead atoms. The van der Waals surface area contributed by atoms with E-state index < -0.39 is 17.7 Å². The maximum absolute atomic E-state index is 13.3. The fourth-order valence-electron chi connectivity index (χ4n) is 5.10. The monoisotopic (exact) mass is 453 g/mol. The summed E-state index contributed by atoms with van der Waals surface area (Å²) in [7, 11) is 1.53. The summed E-state index contributed by atoms with van der Waals surface area (Å²) < 4.78 is 5.55. The second kappa shape index (κ2) is 8.99. The number of nitrogens with zero attached hydrogens (tertiary/aromatic N) is 1. The zero-order valence-electron chi connectivity index (χ0n) is 18.7. The van der Waals surface area contributed by atoms with Gasteiger partial charge in [-0.1, -0.05) is 49.1 Å². The van der Waals surface area contributed by atoms with Crippen LogP contribution in [0.2, 0.25) is 5.02 Å². The lowest BCUT2D eigenvalue weighted by Gasteiger charge is -2.35. The van der Waals surface area contributed by atoms with Crippen LogP contribution in [-0.4, -0.2) is 34.8 Å². The van der Waals surface area contributed by atoms with Crippen molar-refractivity contribution < 1.29 is 19.4 Å². The maximum Gasteiger partial charge on any atom is 0.295 e. The summed E-state index contributed by atoms with van der Waals surface area (Å²) >= 11 is 6.10. The van der Waals surface area contributed by atoms with Gasteiger partial charge in [-0.15, -0.1) is 0 Å². The molecule has 1 saturated heterocycles.